The maximum absolute atomic E-state index is 9.62. The molecule has 0 bridgehead atoms. The Balaban J connectivity index is 0.000000274. The highest BCUT2D eigenvalue weighted by molar-refractivity contribution is 7.86. The Morgan fingerprint density at radius 1 is 0.950 bits per heavy atom. The Morgan fingerprint density at radius 2 is 1.30 bits per heavy atom. The number of ether oxygens (including phenoxy) is 2. The molecule has 2 heterocycles. The third kappa shape index (κ3) is 17.2. The van der Waals surface area contributed by atoms with Gasteiger partial charge in [0.05, 0.1) is 26.4 Å². The van der Waals surface area contributed by atoms with E-state index in [1.165, 1.54) is 0 Å². The zero-order chi connectivity index (χ0) is 15.3. The van der Waals surface area contributed by atoms with E-state index in [-0.39, 0.29) is 0 Å². The quantitative estimate of drug-likeness (QED) is 0.434. The summed E-state index contributed by atoms with van der Waals surface area (Å²) in [4.78, 5) is 9.48. The molecule has 2 saturated heterocycles. The van der Waals surface area contributed by atoms with Crippen LogP contribution in [-0.2, 0) is 24.4 Å². The lowest BCUT2D eigenvalue weighted by Gasteiger charge is -2.10. The first-order chi connectivity index (χ1) is 9.42. The third-order valence-corrected chi connectivity index (χ3v) is 2.61. The van der Waals surface area contributed by atoms with Gasteiger partial charge in [0.15, 0.2) is 5.75 Å². The van der Waals surface area contributed by atoms with Crippen LogP contribution in [0.3, 0.4) is 0 Å². The van der Waals surface area contributed by atoms with Gasteiger partial charge in [-0.1, -0.05) is 0 Å². The van der Waals surface area contributed by atoms with Crippen LogP contribution >= 0.6 is 0 Å². The number of hydrogen-bond acceptors (Lipinski definition) is 7. The van der Waals surface area contributed by atoms with Crippen LogP contribution in [0.15, 0.2) is 0 Å². The van der Waals surface area contributed by atoms with Crippen LogP contribution in [0.4, 0.5) is 0 Å². The number of aliphatic carboxylic acids is 1. The average molecular weight is 314 g/mol. The summed E-state index contributed by atoms with van der Waals surface area (Å²) in [5.74, 6) is -2.79. The fourth-order valence-electron chi connectivity index (χ4n) is 1.19. The maximum atomic E-state index is 9.62. The predicted molar refractivity (Wildman–Crippen MR) is 71.4 cm³/mol. The maximum Gasteiger partial charge on any atom is 0.321 e. The zero-order valence-electron chi connectivity index (χ0n) is 11.2. The van der Waals surface area contributed by atoms with Gasteiger partial charge in [-0.25, -0.2) is 0 Å². The Morgan fingerprint density at radius 3 is 1.35 bits per heavy atom. The lowest BCUT2D eigenvalue weighted by molar-refractivity contribution is -0.134. The topological polar surface area (TPSA) is 134 Å². The molecule has 0 aromatic carbocycles. The van der Waals surface area contributed by atoms with Crippen LogP contribution < -0.4 is 10.6 Å². The van der Waals surface area contributed by atoms with Crippen molar-refractivity contribution in [3.05, 3.63) is 0 Å². The molecule has 0 saturated carbocycles. The van der Waals surface area contributed by atoms with E-state index in [2.05, 4.69) is 10.6 Å². The van der Waals surface area contributed by atoms with Crippen LogP contribution in [0.2, 0.25) is 0 Å². The molecule has 0 spiro atoms. The number of nitrogens with one attached hydrogen (secondary N) is 2. The first-order valence-corrected chi connectivity index (χ1v) is 7.76. The summed E-state index contributed by atoms with van der Waals surface area (Å²) >= 11 is 0. The normalized spacial score (nSPS) is 18.9. The molecule has 0 aliphatic carbocycles. The number of carboxylic acid groups (broad SMARTS) is 1. The van der Waals surface area contributed by atoms with Gasteiger partial charge in [0, 0.05) is 26.2 Å². The molecule has 0 aromatic rings. The summed E-state index contributed by atoms with van der Waals surface area (Å²) in [5, 5.41) is 14.0. The molecule has 0 radical (unpaired) electrons. The molecule has 120 valence electrons. The summed E-state index contributed by atoms with van der Waals surface area (Å²) in [7, 11) is -4.32. The highest BCUT2D eigenvalue weighted by Gasteiger charge is 2.09. The van der Waals surface area contributed by atoms with Crippen LogP contribution in [0.5, 0.6) is 0 Å². The van der Waals surface area contributed by atoms with Crippen molar-refractivity contribution in [1.82, 2.24) is 10.6 Å². The second-order valence-corrected chi connectivity index (χ2v) is 5.30. The Hall–Kier alpha value is -0.780. The van der Waals surface area contributed by atoms with E-state index in [9.17, 15) is 13.2 Å². The van der Waals surface area contributed by atoms with E-state index >= 15 is 0 Å². The Bertz CT molecular complexity index is 304. The van der Waals surface area contributed by atoms with Crippen molar-refractivity contribution < 1.29 is 32.3 Å². The van der Waals surface area contributed by atoms with E-state index in [0.29, 0.717) is 0 Å². The minimum atomic E-state index is -4.32. The van der Waals surface area contributed by atoms with Gasteiger partial charge in [-0.2, -0.15) is 8.42 Å². The van der Waals surface area contributed by atoms with Gasteiger partial charge in [0.2, 0.25) is 0 Å². The van der Waals surface area contributed by atoms with E-state index in [4.69, 9.17) is 19.1 Å². The Kier molecular flexibility index (Phi) is 11.5. The van der Waals surface area contributed by atoms with Crippen molar-refractivity contribution in [2.75, 3.05) is 58.4 Å². The summed E-state index contributed by atoms with van der Waals surface area (Å²) in [6.45, 7) is 7.67. The molecular weight excluding hydrogens is 292 g/mol. The molecule has 10 heteroatoms. The second-order valence-electron chi connectivity index (χ2n) is 3.84. The summed E-state index contributed by atoms with van der Waals surface area (Å²) in [5.41, 5.74) is 0. The molecule has 2 fully saturated rings. The van der Waals surface area contributed by atoms with Gasteiger partial charge in [0.25, 0.3) is 10.1 Å². The SMILES string of the molecule is C1COCCN1.C1COCCN1.O=C(O)CS(=O)(=O)O. The van der Waals surface area contributed by atoms with Crippen molar-refractivity contribution >= 4 is 16.1 Å². The van der Waals surface area contributed by atoms with Gasteiger partial charge in [0.1, 0.15) is 0 Å². The second kappa shape index (κ2) is 12.0. The molecule has 4 N–H and O–H groups in total. The van der Waals surface area contributed by atoms with E-state index < -0.39 is 21.8 Å². The molecule has 0 unspecified atom stereocenters. The lowest BCUT2D eigenvalue weighted by atomic mass is 10.5. The molecule has 2 aliphatic heterocycles. The van der Waals surface area contributed by atoms with Gasteiger partial charge >= 0.3 is 5.97 Å². The van der Waals surface area contributed by atoms with Crippen molar-refractivity contribution in [3.63, 3.8) is 0 Å². The summed E-state index contributed by atoms with van der Waals surface area (Å²) in [6.07, 6.45) is 0. The first-order valence-electron chi connectivity index (χ1n) is 6.15. The summed E-state index contributed by atoms with van der Waals surface area (Å²) in [6, 6.07) is 0. The van der Waals surface area contributed by atoms with Crippen molar-refractivity contribution in [2.24, 2.45) is 0 Å². The van der Waals surface area contributed by atoms with E-state index in [1.54, 1.807) is 0 Å². The standard InChI is InChI=1S/2C4H9NO.C2H4O5S/c2*1-3-6-4-2-5-1;3-2(4)1-8(5,6)7/h2*5H,1-4H2;1H2,(H,3,4)(H,5,6,7). The minimum absolute atomic E-state index is 0.889. The molecular formula is C10H22N2O7S. The van der Waals surface area contributed by atoms with Gasteiger partial charge in [-0.3, -0.25) is 9.35 Å². The van der Waals surface area contributed by atoms with Crippen molar-refractivity contribution in [3.8, 4) is 0 Å². The molecule has 9 nitrogen and oxygen atoms in total. The molecule has 2 rings (SSSR count). The predicted octanol–water partition coefficient (Wildman–Crippen LogP) is -1.83. The van der Waals surface area contributed by atoms with Crippen LogP contribution in [0.25, 0.3) is 0 Å². The fourth-order valence-corrected chi connectivity index (χ4v) is 1.50. The number of morpholine rings is 2. The highest BCUT2D eigenvalue weighted by atomic mass is 32.2. The largest absolute Gasteiger partial charge is 0.480 e. The molecule has 0 amide bonds. The zero-order valence-corrected chi connectivity index (χ0v) is 12.0. The first kappa shape index (κ1) is 19.2. The van der Waals surface area contributed by atoms with Gasteiger partial charge in [-0.05, 0) is 0 Å². The Labute approximate surface area is 118 Å². The van der Waals surface area contributed by atoms with E-state index in [0.717, 1.165) is 52.6 Å². The fraction of sp³-hybridized carbons (Fsp3) is 0.900. The third-order valence-electron chi connectivity index (χ3n) is 2.00. The molecule has 0 aromatic heterocycles. The van der Waals surface area contributed by atoms with E-state index in [1.807, 2.05) is 0 Å². The number of hydrogen-bond donors (Lipinski definition) is 4. The van der Waals surface area contributed by atoms with Crippen LogP contribution in [0.1, 0.15) is 0 Å². The molecule has 20 heavy (non-hydrogen) atoms. The smallest absolute Gasteiger partial charge is 0.321 e. The monoisotopic (exact) mass is 314 g/mol. The highest BCUT2D eigenvalue weighted by Crippen LogP contribution is 1.78. The van der Waals surface area contributed by atoms with Crippen molar-refractivity contribution in [1.29, 1.82) is 0 Å². The number of carboxylic acids is 1. The lowest BCUT2D eigenvalue weighted by Crippen LogP contribution is -2.30. The van der Waals surface area contributed by atoms with Crippen LogP contribution in [-0.4, -0.2) is 82.4 Å². The number of rotatable bonds is 2. The molecule has 2 aliphatic rings. The molecule has 0 atom stereocenters. The van der Waals surface area contributed by atoms with Gasteiger partial charge in [-0.15, -0.1) is 0 Å². The number of carbonyl (C=O) groups is 1. The van der Waals surface area contributed by atoms with Gasteiger partial charge < -0.3 is 25.2 Å². The average Bonchev–Trinajstić information content (AvgIpc) is 2.41. The summed E-state index contributed by atoms with van der Waals surface area (Å²) < 4.78 is 37.0. The van der Waals surface area contributed by atoms with Crippen molar-refractivity contribution in [2.45, 2.75) is 0 Å². The van der Waals surface area contributed by atoms with Crippen LogP contribution in [0, 0.1) is 0 Å². The minimum Gasteiger partial charge on any atom is -0.480 e.